The number of nitriles is 1. The molecule has 0 aliphatic heterocycles. The van der Waals surface area contributed by atoms with Gasteiger partial charge in [0.25, 0.3) is 0 Å². The Morgan fingerprint density at radius 2 is 1.84 bits per heavy atom. The second-order valence-corrected chi connectivity index (χ2v) is 5.29. The summed E-state index contributed by atoms with van der Waals surface area (Å²) in [6.07, 6.45) is 0. The molecule has 0 unspecified atom stereocenters. The Balaban J connectivity index is 3.32. The van der Waals surface area contributed by atoms with E-state index >= 15 is 0 Å². The fourth-order valence-corrected chi connectivity index (χ4v) is 2.59. The van der Waals surface area contributed by atoms with Crippen LogP contribution in [-0.4, -0.2) is 28.7 Å². The molecule has 1 aromatic carbocycles. The van der Waals surface area contributed by atoms with Crippen LogP contribution in [0.5, 0.6) is 11.5 Å². The van der Waals surface area contributed by atoms with Crippen molar-refractivity contribution in [3.8, 4) is 17.6 Å². The first-order chi connectivity index (χ1) is 8.85. The first-order valence-electron chi connectivity index (χ1n) is 5.19. The third kappa shape index (κ3) is 3.33. The number of hydrogen-bond acceptors (Lipinski definition) is 5. The Kier molecular flexibility index (Phi) is 4.69. The van der Waals surface area contributed by atoms with Crippen LogP contribution in [0.25, 0.3) is 0 Å². The number of nitrogens with one attached hydrogen (secondary N) is 1. The predicted molar refractivity (Wildman–Crippen MR) is 64.9 cm³/mol. The minimum atomic E-state index is -4.14. The summed E-state index contributed by atoms with van der Waals surface area (Å²) in [5.74, 6) is -0.837. The van der Waals surface area contributed by atoms with Crippen molar-refractivity contribution in [2.75, 3.05) is 14.2 Å². The molecule has 0 aliphatic rings. The van der Waals surface area contributed by atoms with Crippen molar-refractivity contribution in [2.45, 2.75) is 17.9 Å². The molecule has 19 heavy (non-hydrogen) atoms. The van der Waals surface area contributed by atoms with Crippen LogP contribution < -0.4 is 14.2 Å². The van der Waals surface area contributed by atoms with Gasteiger partial charge in [-0.3, -0.25) is 0 Å². The van der Waals surface area contributed by atoms with Crippen LogP contribution in [-0.2, 0) is 10.0 Å². The quantitative estimate of drug-likeness (QED) is 0.874. The molecule has 1 rings (SSSR count). The minimum absolute atomic E-state index is 0.0762. The van der Waals surface area contributed by atoms with Crippen molar-refractivity contribution in [3.05, 3.63) is 17.9 Å². The van der Waals surface area contributed by atoms with Gasteiger partial charge < -0.3 is 9.47 Å². The Morgan fingerprint density at radius 3 is 2.32 bits per heavy atom. The number of sulfonamides is 1. The second-order valence-electron chi connectivity index (χ2n) is 3.61. The van der Waals surface area contributed by atoms with Gasteiger partial charge >= 0.3 is 0 Å². The van der Waals surface area contributed by atoms with Crippen molar-refractivity contribution in [3.63, 3.8) is 0 Å². The monoisotopic (exact) mass is 288 g/mol. The van der Waals surface area contributed by atoms with E-state index in [1.807, 2.05) is 4.72 Å². The lowest BCUT2D eigenvalue weighted by atomic mass is 10.3. The first kappa shape index (κ1) is 15.2. The van der Waals surface area contributed by atoms with E-state index < -0.39 is 26.8 Å². The maximum absolute atomic E-state index is 13.8. The average molecular weight is 288 g/mol. The summed E-state index contributed by atoms with van der Waals surface area (Å²) >= 11 is 0. The molecule has 0 saturated heterocycles. The normalized spacial score (nSPS) is 12.6. The fraction of sp³-hybridized carbons (Fsp3) is 0.364. The van der Waals surface area contributed by atoms with Crippen LogP contribution in [0, 0.1) is 17.1 Å². The van der Waals surface area contributed by atoms with E-state index in [0.29, 0.717) is 0 Å². The number of halogens is 1. The number of ether oxygens (including phenoxy) is 2. The van der Waals surface area contributed by atoms with Gasteiger partial charge in [0.05, 0.1) is 20.3 Å². The summed E-state index contributed by atoms with van der Waals surface area (Å²) in [5, 5.41) is 8.58. The number of benzene rings is 1. The fourth-order valence-electron chi connectivity index (χ4n) is 1.36. The molecule has 0 amide bonds. The summed E-state index contributed by atoms with van der Waals surface area (Å²) in [5.41, 5.74) is 0. The molecule has 1 atom stereocenters. The van der Waals surface area contributed by atoms with E-state index in [1.165, 1.54) is 21.1 Å². The highest BCUT2D eigenvalue weighted by atomic mass is 32.2. The molecule has 0 bridgehead atoms. The topological polar surface area (TPSA) is 88.4 Å². The Bertz CT molecular complexity index is 610. The predicted octanol–water partition coefficient (Wildman–Crippen LogP) is 1.03. The van der Waals surface area contributed by atoms with Crippen LogP contribution in [0.4, 0.5) is 4.39 Å². The summed E-state index contributed by atoms with van der Waals surface area (Å²) < 4.78 is 49.3. The lowest BCUT2D eigenvalue weighted by Crippen LogP contribution is -2.32. The van der Waals surface area contributed by atoms with Gasteiger partial charge in [-0.25, -0.2) is 12.8 Å². The van der Waals surface area contributed by atoms with Gasteiger partial charge in [-0.05, 0) is 6.92 Å². The van der Waals surface area contributed by atoms with E-state index in [0.717, 1.165) is 12.1 Å². The van der Waals surface area contributed by atoms with Crippen LogP contribution in [0.2, 0.25) is 0 Å². The zero-order valence-corrected chi connectivity index (χ0v) is 11.4. The number of hydrogen-bond donors (Lipinski definition) is 1. The van der Waals surface area contributed by atoms with Gasteiger partial charge in [-0.2, -0.15) is 9.98 Å². The van der Waals surface area contributed by atoms with Crippen LogP contribution in [0.3, 0.4) is 0 Å². The Morgan fingerprint density at radius 1 is 1.32 bits per heavy atom. The third-order valence-corrected chi connectivity index (χ3v) is 3.81. The highest BCUT2D eigenvalue weighted by Gasteiger charge is 2.24. The highest BCUT2D eigenvalue weighted by Crippen LogP contribution is 2.31. The molecule has 0 spiro atoms. The SMILES string of the molecule is COc1cc(F)c(S(=O)(=O)N[C@H](C)C#N)cc1OC. The van der Waals surface area contributed by atoms with Crippen molar-refractivity contribution < 1.29 is 22.3 Å². The van der Waals surface area contributed by atoms with Crippen molar-refractivity contribution in [2.24, 2.45) is 0 Å². The van der Waals surface area contributed by atoms with Gasteiger partial charge in [-0.15, -0.1) is 0 Å². The summed E-state index contributed by atoms with van der Waals surface area (Å²) in [4.78, 5) is -0.604. The van der Waals surface area contributed by atoms with Crippen LogP contribution in [0.1, 0.15) is 6.92 Å². The van der Waals surface area contributed by atoms with Gasteiger partial charge in [0.2, 0.25) is 10.0 Å². The van der Waals surface area contributed by atoms with Crippen molar-refractivity contribution in [1.29, 1.82) is 5.26 Å². The largest absolute Gasteiger partial charge is 0.493 e. The number of nitrogens with zero attached hydrogens (tertiary/aromatic N) is 1. The highest BCUT2D eigenvalue weighted by molar-refractivity contribution is 7.89. The van der Waals surface area contributed by atoms with Gasteiger partial charge in [0.1, 0.15) is 16.8 Å². The molecule has 8 heteroatoms. The second kappa shape index (κ2) is 5.86. The smallest absolute Gasteiger partial charge is 0.244 e. The molecular weight excluding hydrogens is 275 g/mol. The van der Waals surface area contributed by atoms with Gasteiger partial charge in [-0.1, -0.05) is 0 Å². The van der Waals surface area contributed by atoms with Crippen LogP contribution >= 0.6 is 0 Å². The molecule has 0 aliphatic carbocycles. The lowest BCUT2D eigenvalue weighted by molar-refractivity contribution is 0.350. The van der Waals surface area contributed by atoms with E-state index in [9.17, 15) is 12.8 Å². The van der Waals surface area contributed by atoms with E-state index in [4.69, 9.17) is 14.7 Å². The summed E-state index contributed by atoms with van der Waals surface area (Å²) in [6, 6.07) is 2.63. The minimum Gasteiger partial charge on any atom is -0.493 e. The molecule has 0 aromatic heterocycles. The maximum atomic E-state index is 13.8. The molecule has 0 radical (unpaired) electrons. The average Bonchev–Trinajstić information content (AvgIpc) is 2.37. The molecule has 1 aromatic rings. The molecule has 104 valence electrons. The van der Waals surface area contributed by atoms with Gasteiger partial charge in [0, 0.05) is 12.1 Å². The molecular formula is C11H13FN2O4S. The Labute approximate surface area is 110 Å². The van der Waals surface area contributed by atoms with Gasteiger partial charge in [0.15, 0.2) is 11.5 Å². The molecule has 0 heterocycles. The third-order valence-electron chi connectivity index (χ3n) is 2.25. The zero-order valence-electron chi connectivity index (χ0n) is 10.6. The molecule has 6 nitrogen and oxygen atoms in total. The number of rotatable bonds is 5. The zero-order chi connectivity index (χ0) is 14.6. The molecule has 0 saturated carbocycles. The standard InChI is InChI=1S/C11H13FN2O4S/c1-7(6-13)14-19(15,16)11-5-10(18-3)9(17-2)4-8(11)12/h4-5,7,14H,1-3H3/t7-/m1/s1. The van der Waals surface area contributed by atoms with Crippen LogP contribution in [0.15, 0.2) is 17.0 Å². The van der Waals surface area contributed by atoms with E-state index in [2.05, 4.69) is 0 Å². The van der Waals surface area contributed by atoms with E-state index in [-0.39, 0.29) is 11.5 Å². The molecule has 0 fully saturated rings. The molecule has 1 N–H and O–H groups in total. The Hall–Kier alpha value is -1.85. The van der Waals surface area contributed by atoms with Crippen molar-refractivity contribution >= 4 is 10.0 Å². The van der Waals surface area contributed by atoms with Crippen molar-refractivity contribution in [1.82, 2.24) is 4.72 Å². The first-order valence-corrected chi connectivity index (χ1v) is 6.67. The summed E-state index contributed by atoms with van der Waals surface area (Å²) in [7, 11) is -1.53. The number of methoxy groups -OCH3 is 2. The maximum Gasteiger partial charge on any atom is 0.244 e. The lowest BCUT2D eigenvalue weighted by Gasteiger charge is -2.12. The summed E-state index contributed by atoms with van der Waals surface area (Å²) in [6.45, 7) is 1.34. The van der Waals surface area contributed by atoms with E-state index in [1.54, 1.807) is 6.07 Å².